The first-order chi connectivity index (χ1) is 7.56. The Morgan fingerprint density at radius 3 is 2.44 bits per heavy atom. The van der Waals surface area contributed by atoms with Crippen molar-refractivity contribution in [1.82, 2.24) is 5.32 Å². The van der Waals surface area contributed by atoms with Gasteiger partial charge in [-0.3, -0.25) is 0 Å². The molecular formula is C13H21N3. The predicted octanol–water partition coefficient (Wildman–Crippen LogP) is 1.76. The van der Waals surface area contributed by atoms with Gasteiger partial charge in [0.1, 0.15) is 0 Å². The molecule has 0 aromatic heterocycles. The van der Waals surface area contributed by atoms with Crippen molar-refractivity contribution in [3.63, 3.8) is 0 Å². The van der Waals surface area contributed by atoms with Crippen LogP contribution in [0.3, 0.4) is 0 Å². The van der Waals surface area contributed by atoms with Crippen LogP contribution >= 0.6 is 0 Å². The van der Waals surface area contributed by atoms with Crippen LogP contribution < -0.4 is 16.0 Å². The molecule has 3 nitrogen and oxygen atoms in total. The molecule has 1 aromatic rings. The fraction of sp³-hybridized carbons (Fsp3) is 0.538. The molecule has 0 amide bonds. The summed E-state index contributed by atoms with van der Waals surface area (Å²) in [6.45, 7) is 8.65. The number of aryl methyl sites for hydroxylation is 1. The number of hydrogen-bond donors (Lipinski definition) is 2. The van der Waals surface area contributed by atoms with E-state index in [-0.39, 0.29) is 0 Å². The van der Waals surface area contributed by atoms with Gasteiger partial charge in [0, 0.05) is 36.5 Å². The topological polar surface area (TPSA) is 41.3 Å². The number of rotatable bonds is 1. The van der Waals surface area contributed by atoms with Crippen molar-refractivity contribution in [2.24, 2.45) is 0 Å². The molecule has 1 heterocycles. The van der Waals surface area contributed by atoms with Gasteiger partial charge in [-0.25, -0.2) is 0 Å². The van der Waals surface area contributed by atoms with Crippen LogP contribution in [0.4, 0.5) is 11.4 Å². The minimum atomic E-state index is 0.543. The summed E-state index contributed by atoms with van der Waals surface area (Å²) >= 11 is 0. The summed E-state index contributed by atoms with van der Waals surface area (Å²) in [7, 11) is 0. The lowest BCUT2D eigenvalue weighted by Crippen LogP contribution is -2.54. The van der Waals surface area contributed by atoms with Crippen molar-refractivity contribution < 1.29 is 0 Å². The van der Waals surface area contributed by atoms with E-state index in [0.717, 1.165) is 24.3 Å². The van der Waals surface area contributed by atoms with Crippen LogP contribution in [0.5, 0.6) is 0 Å². The Kier molecular flexibility index (Phi) is 3.06. The third kappa shape index (κ3) is 2.30. The van der Waals surface area contributed by atoms with Gasteiger partial charge in [-0.05, 0) is 44.5 Å². The van der Waals surface area contributed by atoms with Gasteiger partial charge in [-0.15, -0.1) is 0 Å². The largest absolute Gasteiger partial charge is 0.399 e. The number of hydrogen-bond acceptors (Lipinski definition) is 3. The summed E-state index contributed by atoms with van der Waals surface area (Å²) in [5, 5.41) is 3.54. The fourth-order valence-electron chi connectivity index (χ4n) is 2.39. The van der Waals surface area contributed by atoms with Gasteiger partial charge in [0.05, 0.1) is 0 Å². The van der Waals surface area contributed by atoms with E-state index in [1.807, 2.05) is 6.07 Å². The lowest BCUT2D eigenvalue weighted by Gasteiger charge is -2.37. The molecule has 2 atom stereocenters. The highest BCUT2D eigenvalue weighted by Gasteiger charge is 2.21. The molecule has 1 aliphatic rings. The van der Waals surface area contributed by atoms with E-state index in [0.29, 0.717) is 12.1 Å². The number of nitrogens with zero attached hydrogens (tertiary/aromatic N) is 1. The monoisotopic (exact) mass is 219 g/mol. The molecule has 2 unspecified atom stereocenters. The smallest absolute Gasteiger partial charge is 0.0371 e. The van der Waals surface area contributed by atoms with Gasteiger partial charge in [-0.2, -0.15) is 0 Å². The zero-order valence-electron chi connectivity index (χ0n) is 10.3. The molecular weight excluding hydrogens is 198 g/mol. The van der Waals surface area contributed by atoms with Gasteiger partial charge in [0.15, 0.2) is 0 Å². The quantitative estimate of drug-likeness (QED) is 0.707. The van der Waals surface area contributed by atoms with Crippen LogP contribution in [-0.2, 0) is 0 Å². The van der Waals surface area contributed by atoms with E-state index in [4.69, 9.17) is 5.73 Å². The number of piperazine rings is 1. The predicted molar refractivity (Wildman–Crippen MR) is 69.9 cm³/mol. The average molecular weight is 219 g/mol. The van der Waals surface area contributed by atoms with Crippen molar-refractivity contribution in [3.8, 4) is 0 Å². The first kappa shape index (κ1) is 11.3. The summed E-state index contributed by atoms with van der Waals surface area (Å²) in [4.78, 5) is 2.43. The molecule has 16 heavy (non-hydrogen) atoms. The Bertz CT molecular complexity index is 365. The van der Waals surface area contributed by atoms with E-state index in [9.17, 15) is 0 Å². The van der Waals surface area contributed by atoms with Crippen molar-refractivity contribution in [2.45, 2.75) is 32.9 Å². The standard InChI is InChI=1S/C13H21N3/c1-9-6-12(4-5-13(9)14)16-7-10(2)15-11(3)8-16/h4-6,10-11,15H,7-8,14H2,1-3H3. The van der Waals surface area contributed by atoms with E-state index >= 15 is 0 Å². The van der Waals surface area contributed by atoms with Crippen molar-refractivity contribution in [2.75, 3.05) is 23.7 Å². The van der Waals surface area contributed by atoms with Gasteiger partial charge >= 0.3 is 0 Å². The lowest BCUT2D eigenvalue weighted by atomic mass is 10.1. The molecule has 1 aromatic carbocycles. The average Bonchev–Trinajstić information content (AvgIpc) is 2.20. The minimum Gasteiger partial charge on any atom is -0.399 e. The Hall–Kier alpha value is -1.22. The van der Waals surface area contributed by atoms with Crippen LogP contribution in [0.2, 0.25) is 0 Å². The van der Waals surface area contributed by atoms with Crippen molar-refractivity contribution in [3.05, 3.63) is 23.8 Å². The third-order valence-corrected chi connectivity index (χ3v) is 3.18. The maximum Gasteiger partial charge on any atom is 0.0371 e. The second-order valence-electron chi connectivity index (χ2n) is 4.91. The van der Waals surface area contributed by atoms with Crippen LogP contribution in [0.15, 0.2) is 18.2 Å². The van der Waals surface area contributed by atoms with E-state index in [1.165, 1.54) is 5.69 Å². The highest BCUT2D eigenvalue weighted by molar-refractivity contribution is 5.58. The highest BCUT2D eigenvalue weighted by Crippen LogP contribution is 2.22. The molecule has 1 fully saturated rings. The maximum absolute atomic E-state index is 5.84. The zero-order valence-corrected chi connectivity index (χ0v) is 10.3. The molecule has 1 saturated heterocycles. The highest BCUT2D eigenvalue weighted by atomic mass is 15.2. The molecule has 2 rings (SSSR count). The zero-order chi connectivity index (χ0) is 11.7. The summed E-state index contributed by atoms with van der Waals surface area (Å²) in [6.07, 6.45) is 0. The molecule has 3 heteroatoms. The minimum absolute atomic E-state index is 0.543. The normalized spacial score (nSPS) is 25.8. The second kappa shape index (κ2) is 4.34. The SMILES string of the molecule is Cc1cc(N2CC(C)NC(C)C2)ccc1N. The Morgan fingerprint density at radius 1 is 1.25 bits per heavy atom. The van der Waals surface area contributed by atoms with Crippen molar-refractivity contribution >= 4 is 11.4 Å². The van der Waals surface area contributed by atoms with E-state index in [2.05, 4.69) is 43.1 Å². The molecule has 0 saturated carbocycles. The van der Waals surface area contributed by atoms with Crippen LogP contribution in [-0.4, -0.2) is 25.2 Å². The molecule has 3 N–H and O–H groups in total. The second-order valence-corrected chi connectivity index (χ2v) is 4.91. The summed E-state index contributed by atoms with van der Waals surface area (Å²) in [6, 6.07) is 7.39. The lowest BCUT2D eigenvalue weighted by molar-refractivity contribution is 0.407. The number of nitrogens with two attached hydrogens (primary N) is 1. The van der Waals surface area contributed by atoms with Gasteiger partial charge in [-0.1, -0.05) is 0 Å². The van der Waals surface area contributed by atoms with E-state index in [1.54, 1.807) is 0 Å². The van der Waals surface area contributed by atoms with Crippen molar-refractivity contribution in [1.29, 1.82) is 0 Å². The van der Waals surface area contributed by atoms with Crippen LogP contribution in [0.25, 0.3) is 0 Å². The number of anilines is 2. The third-order valence-electron chi connectivity index (χ3n) is 3.18. The molecule has 0 spiro atoms. The summed E-state index contributed by atoms with van der Waals surface area (Å²) in [5.41, 5.74) is 9.16. The Morgan fingerprint density at radius 2 is 1.88 bits per heavy atom. The first-order valence-corrected chi connectivity index (χ1v) is 5.93. The number of nitrogens with one attached hydrogen (secondary N) is 1. The molecule has 0 aliphatic carbocycles. The molecule has 88 valence electrons. The first-order valence-electron chi connectivity index (χ1n) is 5.93. The van der Waals surface area contributed by atoms with Crippen LogP contribution in [0, 0.1) is 6.92 Å². The van der Waals surface area contributed by atoms with Crippen LogP contribution in [0.1, 0.15) is 19.4 Å². The van der Waals surface area contributed by atoms with Gasteiger partial charge in [0.2, 0.25) is 0 Å². The Labute approximate surface area is 97.6 Å². The Balaban J connectivity index is 2.19. The number of nitrogen functional groups attached to an aromatic ring is 1. The maximum atomic E-state index is 5.84. The fourth-order valence-corrected chi connectivity index (χ4v) is 2.39. The van der Waals surface area contributed by atoms with Gasteiger partial charge in [0.25, 0.3) is 0 Å². The summed E-state index contributed by atoms with van der Waals surface area (Å²) in [5.74, 6) is 0. The molecule has 0 radical (unpaired) electrons. The van der Waals surface area contributed by atoms with Gasteiger partial charge < -0.3 is 16.0 Å². The van der Waals surface area contributed by atoms with E-state index < -0.39 is 0 Å². The molecule has 0 bridgehead atoms. The molecule has 1 aliphatic heterocycles. The number of benzene rings is 1. The summed E-state index contributed by atoms with van der Waals surface area (Å²) < 4.78 is 0.